The second-order valence-electron chi connectivity index (χ2n) is 5.55. The molecule has 0 aromatic heterocycles. The maximum absolute atomic E-state index is 4.48. The Kier molecular flexibility index (Phi) is 10.5. The lowest BCUT2D eigenvalue weighted by Crippen LogP contribution is -2.05. The van der Waals surface area contributed by atoms with E-state index in [1.54, 1.807) is 0 Å². The molecule has 2 unspecified atom stereocenters. The monoisotopic (exact) mass is 263 g/mol. The average Bonchev–Trinajstić information content (AvgIpc) is 2.44. The molecule has 2 atom stereocenters. The highest BCUT2D eigenvalue weighted by atomic mass is 14.7. The number of hydrogen-bond donors (Lipinski definition) is 0. The first kappa shape index (κ1) is 18.1. The van der Waals surface area contributed by atoms with E-state index in [-0.39, 0.29) is 0 Å². The molecule has 0 aliphatic heterocycles. The number of rotatable bonds is 9. The van der Waals surface area contributed by atoms with Gasteiger partial charge < -0.3 is 0 Å². The Hall–Kier alpha value is -0.850. The number of nitrogens with zero attached hydrogens (tertiary/aromatic N) is 1. The summed E-state index contributed by atoms with van der Waals surface area (Å²) in [4.78, 5) is 4.48. The Labute approximate surface area is 120 Å². The van der Waals surface area contributed by atoms with E-state index in [9.17, 15) is 0 Å². The fourth-order valence-electron chi connectivity index (χ4n) is 1.92. The van der Waals surface area contributed by atoms with Crippen molar-refractivity contribution in [2.75, 3.05) is 7.05 Å². The van der Waals surface area contributed by atoms with Crippen LogP contribution < -0.4 is 0 Å². The van der Waals surface area contributed by atoms with E-state index in [0.29, 0.717) is 5.92 Å². The van der Waals surface area contributed by atoms with Gasteiger partial charge in [0.05, 0.1) is 5.71 Å². The molecule has 0 saturated carbocycles. The van der Waals surface area contributed by atoms with Gasteiger partial charge in [-0.3, -0.25) is 4.99 Å². The Morgan fingerprint density at radius 1 is 1.11 bits per heavy atom. The predicted octanol–water partition coefficient (Wildman–Crippen LogP) is 5.82. The van der Waals surface area contributed by atoms with Crippen molar-refractivity contribution in [2.45, 2.75) is 66.7 Å². The van der Waals surface area contributed by atoms with Gasteiger partial charge in [0, 0.05) is 7.05 Å². The van der Waals surface area contributed by atoms with Gasteiger partial charge in [0.25, 0.3) is 0 Å². The molecular formula is C18H33N. The molecule has 0 saturated heterocycles. The van der Waals surface area contributed by atoms with Crippen LogP contribution in [0.4, 0.5) is 0 Å². The van der Waals surface area contributed by atoms with E-state index in [0.717, 1.165) is 18.8 Å². The van der Waals surface area contributed by atoms with Gasteiger partial charge in [0.2, 0.25) is 0 Å². The molecule has 0 rings (SSSR count). The maximum atomic E-state index is 4.48. The molecule has 0 N–H and O–H groups in total. The standard InChI is InChI=1S/C18H33N/c1-7-10-11-18(19-6)17(14-16(5)9-3)13-12-15(4)8-2/h10-11,14-16H,7-9,12-13H2,1-6H3/b11-10?,17-14-,19-18+. The Bertz CT molecular complexity index is 310. The molecular weight excluding hydrogens is 230 g/mol. The van der Waals surface area contributed by atoms with Crippen molar-refractivity contribution in [3.05, 3.63) is 23.8 Å². The minimum Gasteiger partial charge on any atom is -0.288 e. The molecule has 0 aliphatic carbocycles. The van der Waals surface area contributed by atoms with E-state index < -0.39 is 0 Å². The highest BCUT2D eigenvalue weighted by Gasteiger charge is 2.08. The van der Waals surface area contributed by atoms with Crippen molar-refractivity contribution >= 4 is 5.71 Å². The fraction of sp³-hybridized carbons (Fsp3) is 0.722. The SMILES string of the molecule is CCC=CC(=N\C)/C(=C\C(C)CC)CCC(C)CC. The number of hydrogen-bond acceptors (Lipinski definition) is 1. The van der Waals surface area contributed by atoms with Crippen LogP contribution >= 0.6 is 0 Å². The lowest BCUT2D eigenvalue weighted by molar-refractivity contribution is 0.517. The minimum absolute atomic E-state index is 0.638. The summed E-state index contributed by atoms with van der Waals surface area (Å²) < 4.78 is 0. The van der Waals surface area contributed by atoms with Gasteiger partial charge in [0.15, 0.2) is 0 Å². The zero-order valence-corrected chi connectivity index (χ0v) is 13.9. The molecule has 0 amide bonds. The van der Waals surface area contributed by atoms with Gasteiger partial charge >= 0.3 is 0 Å². The highest BCUT2D eigenvalue weighted by molar-refractivity contribution is 6.08. The summed E-state index contributed by atoms with van der Waals surface area (Å²) in [6.07, 6.45) is 12.8. The highest BCUT2D eigenvalue weighted by Crippen LogP contribution is 2.19. The first-order chi connectivity index (χ1) is 9.08. The molecule has 0 fully saturated rings. The fourth-order valence-corrected chi connectivity index (χ4v) is 1.92. The van der Waals surface area contributed by atoms with Crippen LogP contribution in [0.25, 0.3) is 0 Å². The van der Waals surface area contributed by atoms with Crippen molar-refractivity contribution in [1.29, 1.82) is 0 Å². The van der Waals surface area contributed by atoms with Crippen LogP contribution in [0.15, 0.2) is 28.8 Å². The Morgan fingerprint density at radius 3 is 2.26 bits per heavy atom. The zero-order chi connectivity index (χ0) is 14.7. The summed E-state index contributed by atoms with van der Waals surface area (Å²) in [5, 5.41) is 0. The summed E-state index contributed by atoms with van der Waals surface area (Å²) >= 11 is 0. The molecule has 0 aromatic carbocycles. The van der Waals surface area contributed by atoms with Gasteiger partial charge in [-0.2, -0.15) is 0 Å². The van der Waals surface area contributed by atoms with Crippen LogP contribution in [0.2, 0.25) is 0 Å². The van der Waals surface area contributed by atoms with Crippen molar-refractivity contribution in [3.63, 3.8) is 0 Å². The van der Waals surface area contributed by atoms with E-state index in [4.69, 9.17) is 0 Å². The van der Waals surface area contributed by atoms with Crippen LogP contribution in [0.1, 0.15) is 66.7 Å². The molecule has 19 heavy (non-hydrogen) atoms. The molecule has 0 aromatic rings. The third-order valence-electron chi connectivity index (χ3n) is 3.81. The lowest BCUT2D eigenvalue weighted by Gasteiger charge is -2.13. The van der Waals surface area contributed by atoms with Crippen LogP contribution in [-0.4, -0.2) is 12.8 Å². The van der Waals surface area contributed by atoms with Crippen LogP contribution in [0, 0.1) is 11.8 Å². The molecule has 0 aliphatic rings. The van der Waals surface area contributed by atoms with E-state index in [1.165, 1.54) is 30.5 Å². The van der Waals surface area contributed by atoms with Crippen molar-refractivity contribution in [2.24, 2.45) is 16.8 Å². The lowest BCUT2D eigenvalue weighted by atomic mass is 9.93. The smallest absolute Gasteiger partial charge is 0.0596 e. The summed E-state index contributed by atoms with van der Waals surface area (Å²) in [6.45, 7) is 11.3. The van der Waals surface area contributed by atoms with Crippen LogP contribution in [-0.2, 0) is 0 Å². The number of allylic oxidation sites excluding steroid dienone is 4. The maximum Gasteiger partial charge on any atom is 0.0596 e. The molecule has 1 nitrogen and oxygen atoms in total. The predicted molar refractivity (Wildman–Crippen MR) is 89.0 cm³/mol. The number of aliphatic imine (C=N–C) groups is 1. The first-order valence-corrected chi connectivity index (χ1v) is 7.93. The first-order valence-electron chi connectivity index (χ1n) is 7.93. The molecule has 0 bridgehead atoms. The van der Waals surface area contributed by atoms with Gasteiger partial charge in [-0.05, 0) is 42.7 Å². The van der Waals surface area contributed by atoms with Crippen LogP contribution in [0.5, 0.6) is 0 Å². The quantitative estimate of drug-likeness (QED) is 0.465. The summed E-state index contributed by atoms with van der Waals surface area (Å²) in [7, 11) is 1.91. The summed E-state index contributed by atoms with van der Waals surface area (Å²) in [5.41, 5.74) is 2.60. The Morgan fingerprint density at radius 2 is 1.79 bits per heavy atom. The minimum atomic E-state index is 0.638. The molecule has 110 valence electrons. The zero-order valence-electron chi connectivity index (χ0n) is 13.9. The van der Waals surface area contributed by atoms with Crippen molar-refractivity contribution in [3.8, 4) is 0 Å². The van der Waals surface area contributed by atoms with E-state index in [2.05, 4.69) is 57.8 Å². The third kappa shape index (κ3) is 8.02. The van der Waals surface area contributed by atoms with Gasteiger partial charge in [-0.1, -0.05) is 59.6 Å². The molecule has 0 radical (unpaired) electrons. The van der Waals surface area contributed by atoms with E-state index in [1.807, 2.05) is 7.05 Å². The van der Waals surface area contributed by atoms with E-state index >= 15 is 0 Å². The van der Waals surface area contributed by atoms with Gasteiger partial charge in [0.1, 0.15) is 0 Å². The topological polar surface area (TPSA) is 12.4 Å². The van der Waals surface area contributed by atoms with Gasteiger partial charge in [-0.25, -0.2) is 0 Å². The molecule has 1 heteroatoms. The second-order valence-corrected chi connectivity index (χ2v) is 5.55. The molecule has 0 heterocycles. The summed E-state index contributed by atoms with van der Waals surface area (Å²) in [5.74, 6) is 1.44. The second kappa shape index (κ2) is 11.0. The van der Waals surface area contributed by atoms with Crippen LogP contribution in [0.3, 0.4) is 0 Å². The van der Waals surface area contributed by atoms with Crippen molar-refractivity contribution in [1.82, 2.24) is 0 Å². The average molecular weight is 263 g/mol. The molecule has 0 spiro atoms. The third-order valence-corrected chi connectivity index (χ3v) is 3.81. The van der Waals surface area contributed by atoms with Gasteiger partial charge in [-0.15, -0.1) is 0 Å². The normalized spacial score (nSPS) is 16.9. The summed E-state index contributed by atoms with van der Waals surface area (Å²) in [6, 6.07) is 0. The Balaban J connectivity index is 4.93. The van der Waals surface area contributed by atoms with Crippen molar-refractivity contribution < 1.29 is 0 Å². The largest absolute Gasteiger partial charge is 0.288 e.